The summed E-state index contributed by atoms with van der Waals surface area (Å²) in [6.07, 6.45) is -0.796. The molecule has 1 aromatic rings. The molecule has 122 valence electrons. The fourth-order valence-corrected chi connectivity index (χ4v) is 2.43. The van der Waals surface area contributed by atoms with Crippen LogP contribution >= 0.6 is 12.4 Å². The second-order valence-electron chi connectivity index (χ2n) is 5.39. The van der Waals surface area contributed by atoms with E-state index in [-0.39, 0.29) is 42.4 Å². The molecule has 1 saturated heterocycles. The number of nitrogens with one attached hydrogen (secondary N) is 1. The minimum atomic E-state index is -0.703. The van der Waals surface area contributed by atoms with E-state index in [1.165, 1.54) is 6.07 Å². The lowest BCUT2D eigenvalue weighted by atomic mass is 10.1. The Bertz CT molecular complexity index is 620. The number of aliphatic hydroxyl groups excluding tert-OH is 1. The van der Waals surface area contributed by atoms with Gasteiger partial charge in [-0.1, -0.05) is 13.8 Å². The van der Waals surface area contributed by atoms with Gasteiger partial charge in [-0.2, -0.15) is 4.98 Å². The van der Waals surface area contributed by atoms with Crippen LogP contribution in [0.5, 0.6) is 6.01 Å². The van der Waals surface area contributed by atoms with Crippen molar-refractivity contribution in [2.75, 3.05) is 6.61 Å². The Hall–Kier alpha value is -1.64. The molecule has 3 heterocycles. The van der Waals surface area contributed by atoms with Crippen LogP contribution in [0.25, 0.3) is 0 Å². The van der Waals surface area contributed by atoms with E-state index >= 15 is 0 Å². The Morgan fingerprint density at radius 3 is 2.95 bits per heavy atom. The van der Waals surface area contributed by atoms with Crippen LogP contribution in [0.3, 0.4) is 0 Å². The molecule has 2 aliphatic rings. The molecular formula is C13H18ClN3O5. The van der Waals surface area contributed by atoms with Crippen molar-refractivity contribution in [3.05, 3.63) is 17.8 Å². The molecule has 2 aliphatic heterocycles. The number of carbonyl (C=O) groups excluding carboxylic acids is 1. The number of ether oxygens (including phenoxy) is 3. The second-order valence-corrected chi connectivity index (χ2v) is 5.39. The second kappa shape index (κ2) is 6.23. The van der Waals surface area contributed by atoms with Crippen molar-refractivity contribution < 1.29 is 24.1 Å². The number of fused-ring (bicyclic) bond motifs is 3. The average Bonchev–Trinajstić information content (AvgIpc) is 2.94. The van der Waals surface area contributed by atoms with Crippen LogP contribution in [0.1, 0.15) is 20.1 Å². The summed E-state index contributed by atoms with van der Waals surface area (Å²) in [6.45, 7) is 3.19. The SMILES string of the molecule is CC(C)C(=O)O[C@H]1[C@@H]2Oc3nc(=N)ccn3[C@@H]2O[C@@H]1CO.Cl. The first kappa shape index (κ1) is 16.7. The average molecular weight is 332 g/mol. The van der Waals surface area contributed by atoms with Crippen molar-refractivity contribution in [2.45, 2.75) is 38.4 Å². The lowest BCUT2D eigenvalue weighted by Crippen LogP contribution is -2.40. The standard InChI is InChI=1S/C13H17N3O5.ClH/c1-6(2)12(18)20-9-7(5-17)19-11-10(9)21-13-15-8(14)3-4-16(11)13;/h3-4,6-7,9-11,14,17H,5H2,1-2H3;1H/t7-,9-,10+,11-;/m1./s1. The third kappa shape index (κ3) is 2.69. The monoisotopic (exact) mass is 331 g/mol. The Labute approximate surface area is 132 Å². The molecule has 1 aromatic heterocycles. The molecule has 0 aromatic carbocycles. The van der Waals surface area contributed by atoms with Gasteiger partial charge in [0.2, 0.25) is 0 Å². The molecule has 22 heavy (non-hydrogen) atoms. The first-order chi connectivity index (χ1) is 10.0. The number of aromatic nitrogens is 2. The van der Waals surface area contributed by atoms with Gasteiger partial charge in [-0.15, -0.1) is 12.4 Å². The normalized spacial score (nSPS) is 28.5. The van der Waals surface area contributed by atoms with Crippen molar-refractivity contribution in [1.29, 1.82) is 5.41 Å². The molecule has 2 N–H and O–H groups in total. The van der Waals surface area contributed by atoms with Gasteiger partial charge in [0.05, 0.1) is 12.5 Å². The number of aliphatic hydroxyl groups is 1. The topological polar surface area (TPSA) is 107 Å². The van der Waals surface area contributed by atoms with Crippen molar-refractivity contribution >= 4 is 18.4 Å². The van der Waals surface area contributed by atoms with E-state index in [2.05, 4.69) is 4.98 Å². The first-order valence-electron chi connectivity index (χ1n) is 6.78. The van der Waals surface area contributed by atoms with Crippen LogP contribution < -0.4 is 10.2 Å². The molecule has 3 rings (SSSR count). The zero-order valence-corrected chi connectivity index (χ0v) is 12.9. The molecule has 0 bridgehead atoms. The molecule has 8 nitrogen and oxygen atoms in total. The largest absolute Gasteiger partial charge is 0.455 e. The Morgan fingerprint density at radius 2 is 2.32 bits per heavy atom. The highest BCUT2D eigenvalue weighted by atomic mass is 35.5. The van der Waals surface area contributed by atoms with Crippen molar-refractivity contribution in [1.82, 2.24) is 9.55 Å². The van der Waals surface area contributed by atoms with Gasteiger partial charge in [-0.05, 0) is 6.07 Å². The van der Waals surface area contributed by atoms with Gasteiger partial charge < -0.3 is 19.3 Å². The van der Waals surface area contributed by atoms with E-state index in [1.54, 1.807) is 24.6 Å². The summed E-state index contributed by atoms with van der Waals surface area (Å²) in [6, 6.07) is 1.76. The van der Waals surface area contributed by atoms with Crippen LogP contribution in [0.15, 0.2) is 12.3 Å². The Morgan fingerprint density at radius 1 is 1.59 bits per heavy atom. The summed E-state index contributed by atoms with van der Waals surface area (Å²) < 4.78 is 18.4. The summed E-state index contributed by atoms with van der Waals surface area (Å²) in [5.74, 6) is -0.654. The molecule has 0 radical (unpaired) electrons. The zero-order chi connectivity index (χ0) is 15.1. The predicted octanol–water partition coefficient (Wildman–Crippen LogP) is 0.00287. The zero-order valence-electron chi connectivity index (χ0n) is 12.1. The predicted molar refractivity (Wildman–Crippen MR) is 75.5 cm³/mol. The van der Waals surface area contributed by atoms with Gasteiger partial charge in [0.15, 0.2) is 23.9 Å². The first-order valence-corrected chi connectivity index (χ1v) is 6.78. The third-order valence-corrected chi connectivity index (χ3v) is 3.53. The van der Waals surface area contributed by atoms with Gasteiger partial charge in [-0.25, -0.2) is 0 Å². The number of hydrogen-bond acceptors (Lipinski definition) is 7. The molecule has 0 amide bonds. The summed E-state index contributed by atoms with van der Waals surface area (Å²) >= 11 is 0. The Balaban J connectivity index is 0.00000176. The highest BCUT2D eigenvalue weighted by Gasteiger charge is 2.53. The van der Waals surface area contributed by atoms with Crippen LogP contribution in [0, 0.1) is 11.3 Å². The maximum absolute atomic E-state index is 11.8. The molecule has 0 aliphatic carbocycles. The fourth-order valence-electron chi connectivity index (χ4n) is 2.43. The quantitative estimate of drug-likeness (QED) is 0.755. The number of hydrogen-bond donors (Lipinski definition) is 2. The van der Waals surface area contributed by atoms with Gasteiger partial charge in [0, 0.05) is 6.20 Å². The third-order valence-electron chi connectivity index (χ3n) is 3.53. The molecule has 0 spiro atoms. The van der Waals surface area contributed by atoms with E-state index in [9.17, 15) is 9.90 Å². The highest BCUT2D eigenvalue weighted by Crippen LogP contribution is 2.40. The van der Waals surface area contributed by atoms with Gasteiger partial charge >= 0.3 is 12.0 Å². The van der Waals surface area contributed by atoms with E-state index in [4.69, 9.17) is 19.6 Å². The van der Waals surface area contributed by atoms with E-state index in [1.807, 2.05) is 0 Å². The number of carbonyl (C=O) groups is 1. The molecule has 0 unspecified atom stereocenters. The van der Waals surface area contributed by atoms with Crippen molar-refractivity contribution in [2.24, 2.45) is 5.92 Å². The Kier molecular flexibility index (Phi) is 4.74. The molecule has 1 fully saturated rings. The van der Waals surface area contributed by atoms with Crippen LogP contribution in [0.2, 0.25) is 0 Å². The smallest absolute Gasteiger partial charge is 0.308 e. The van der Waals surface area contributed by atoms with E-state index < -0.39 is 24.5 Å². The van der Waals surface area contributed by atoms with Gasteiger partial charge in [0.25, 0.3) is 0 Å². The number of rotatable bonds is 3. The lowest BCUT2D eigenvalue weighted by Gasteiger charge is -2.21. The molecule has 0 saturated carbocycles. The van der Waals surface area contributed by atoms with Crippen molar-refractivity contribution in [3.8, 4) is 6.01 Å². The fraction of sp³-hybridized carbons (Fsp3) is 0.615. The van der Waals surface area contributed by atoms with E-state index in [0.29, 0.717) is 0 Å². The molecule has 4 atom stereocenters. The summed E-state index contributed by atoms with van der Waals surface area (Å²) in [7, 11) is 0. The van der Waals surface area contributed by atoms with Gasteiger partial charge in [-0.3, -0.25) is 14.8 Å². The lowest BCUT2D eigenvalue weighted by molar-refractivity contribution is -0.160. The summed E-state index contributed by atoms with van der Waals surface area (Å²) in [5, 5.41) is 16.9. The van der Waals surface area contributed by atoms with Crippen molar-refractivity contribution in [3.63, 3.8) is 0 Å². The van der Waals surface area contributed by atoms with Crippen LogP contribution in [-0.2, 0) is 14.3 Å². The maximum atomic E-state index is 11.8. The maximum Gasteiger partial charge on any atom is 0.308 e. The minimum Gasteiger partial charge on any atom is -0.455 e. The number of nitrogens with zero attached hydrogens (tertiary/aromatic N) is 2. The van der Waals surface area contributed by atoms with Crippen LogP contribution in [0.4, 0.5) is 0 Å². The molecular weight excluding hydrogens is 314 g/mol. The molecule has 9 heteroatoms. The summed E-state index contributed by atoms with van der Waals surface area (Å²) in [4.78, 5) is 15.8. The minimum absolute atomic E-state index is 0. The highest BCUT2D eigenvalue weighted by molar-refractivity contribution is 5.85. The number of esters is 1. The van der Waals surface area contributed by atoms with E-state index in [0.717, 1.165) is 0 Å². The van der Waals surface area contributed by atoms with Gasteiger partial charge in [0.1, 0.15) is 6.10 Å². The van der Waals surface area contributed by atoms with Crippen LogP contribution in [-0.4, -0.2) is 45.5 Å². The summed E-state index contributed by atoms with van der Waals surface area (Å²) in [5.41, 5.74) is 0.0793. The number of halogens is 1.